The Morgan fingerprint density at radius 2 is 1.55 bits per heavy atom. The van der Waals surface area contributed by atoms with Crippen LogP contribution in [0.4, 0.5) is 0 Å². The van der Waals surface area contributed by atoms with E-state index in [0.29, 0.717) is 12.4 Å². The number of carboxylic acid groups (broad SMARTS) is 2. The highest BCUT2D eigenvalue weighted by Crippen LogP contribution is 2.13. The van der Waals surface area contributed by atoms with Crippen LogP contribution in [0.5, 0.6) is 5.75 Å². The van der Waals surface area contributed by atoms with Gasteiger partial charge in [0.25, 0.3) is 5.91 Å². The van der Waals surface area contributed by atoms with E-state index < -0.39 is 30.9 Å². The normalized spacial score (nSPS) is 9.85. The number of benzene rings is 1. The third kappa shape index (κ3) is 4.60. The van der Waals surface area contributed by atoms with Crippen molar-refractivity contribution in [2.75, 3.05) is 19.7 Å². The Balaban J connectivity index is 2.87. The molecule has 1 aromatic carbocycles. The van der Waals surface area contributed by atoms with Crippen molar-refractivity contribution in [1.82, 2.24) is 4.90 Å². The van der Waals surface area contributed by atoms with Gasteiger partial charge in [-0.05, 0) is 31.2 Å². The fourth-order valence-electron chi connectivity index (χ4n) is 1.57. The number of rotatable bonds is 7. The van der Waals surface area contributed by atoms with E-state index in [0.717, 1.165) is 4.90 Å². The number of nitrogens with zero attached hydrogens (tertiary/aromatic N) is 1. The highest BCUT2D eigenvalue weighted by Gasteiger charge is 2.21. The van der Waals surface area contributed by atoms with Gasteiger partial charge in [-0.3, -0.25) is 14.4 Å². The van der Waals surface area contributed by atoms with E-state index in [1.54, 1.807) is 12.1 Å². The molecule has 0 fully saturated rings. The fourth-order valence-corrected chi connectivity index (χ4v) is 1.57. The van der Waals surface area contributed by atoms with Crippen molar-refractivity contribution >= 4 is 17.8 Å². The number of carbonyl (C=O) groups excluding carboxylic acids is 1. The van der Waals surface area contributed by atoms with Crippen LogP contribution in [0.3, 0.4) is 0 Å². The largest absolute Gasteiger partial charge is 0.494 e. The lowest BCUT2D eigenvalue weighted by atomic mass is 10.2. The van der Waals surface area contributed by atoms with Gasteiger partial charge in [0.05, 0.1) is 6.61 Å². The van der Waals surface area contributed by atoms with Gasteiger partial charge in [-0.15, -0.1) is 0 Å². The zero-order valence-corrected chi connectivity index (χ0v) is 10.9. The molecule has 0 aliphatic carbocycles. The Labute approximate surface area is 115 Å². The molecule has 7 heteroatoms. The summed E-state index contributed by atoms with van der Waals surface area (Å²) in [6, 6.07) is 6.06. The molecule has 0 atom stereocenters. The third-order valence-electron chi connectivity index (χ3n) is 2.35. The Morgan fingerprint density at radius 1 is 1.05 bits per heavy atom. The topological polar surface area (TPSA) is 104 Å². The standard InChI is InChI=1S/C13H15NO6/c1-2-20-10-5-3-9(4-6-10)13(19)14(7-11(15)16)8-12(17)18/h3-6H,2,7-8H2,1H3,(H,15,16)(H,17,18). The van der Waals surface area contributed by atoms with Gasteiger partial charge in [0.15, 0.2) is 0 Å². The average molecular weight is 281 g/mol. The first-order valence-electron chi connectivity index (χ1n) is 5.89. The van der Waals surface area contributed by atoms with Crippen molar-refractivity contribution in [1.29, 1.82) is 0 Å². The monoisotopic (exact) mass is 281 g/mol. The molecule has 0 heterocycles. The summed E-state index contributed by atoms with van der Waals surface area (Å²) in [5, 5.41) is 17.4. The smallest absolute Gasteiger partial charge is 0.323 e. The molecule has 7 nitrogen and oxygen atoms in total. The molecular weight excluding hydrogens is 266 g/mol. The molecule has 0 aliphatic rings. The summed E-state index contributed by atoms with van der Waals surface area (Å²) in [6.45, 7) is 0.967. The molecule has 0 bridgehead atoms. The van der Waals surface area contributed by atoms with Gasteiger partial charge in [-0.1, -0.05) is 0 Å². The van der Waals surface area contributed by atoms with E-state index >= 15 is 0 Å². The van der Waals surface area contributed by atoms with Crippen LogP contribution in [-0.2, 0) is 9.59 Å². The Kier molecular flexibility index (Phi) is 5.52. The van der Waals surface area contributed by atoms with Gasteiger partial charge in [0.2, 0.25) is 0 Å². The summed E-state index contributed by atoms with van der Waals surface area (Å²) >= 11 is 0. The first kappa shape index (κ1) is 15.5. The van der Waals surface area contributed by atoms with Gasteiger partial charge in [-0.25, -0.2) is 0 Å². The van der Waals surface area contributed by atoms with Gasteiger partial charge in [0.1, 0.15) is 18.8 Å². The van der Waals surface area contributed by atoms with E-state index in [4.69, 9.17) is 14.9 Å². The number of carboxylic acids is 2. The van der Waals surface area contributed by atoms with Crippen molar-refractivity contribution < 1.29 is 29.3 Å². The lowest BCUT2D eigenvalue weighted by molar-refractivity contribution is -0.140. The van der Waals surface area contributed by atoms with E-state index in [-0.39, 0.29) is 5.56 Å². The fraction of sp³-hybridized carbons (Fsp3) is 0.308. The van der Waals surface area contributed by atoms with Crippen LogP contribution in [0.15, 0.2) is 24.3 Å². The molecule has 108 valence electrons. The summed E-state index contributed by atoms with van der Waals surface area (Å²) in [5.41, 5.74) is 0.205. The Morgan fingerprint density at radius 3 is 1.95 bits per heavy atom. The molecule has 0 radical (unpaired) electrons. The maximum Gasteiger partial charge on any atom is 0.323 e. The average Bonchev–Trinajstić information content (AvgIpc) is 2.37. The molecule has 0 saturated carbocycles. The van der Waals surface area contributed by atoms with Crippen LogP contribution in [-0.4, -0.2) is 52.7 Å². The van der Waals surface area contributed by atoms with E-state index in [1.807, 2.05) is 6.92 Å². The van der Waals surface area contributed by atoms with Crippen molar-refractivity contribution in [2.45, 2.75) is 6.92 Å². The lowest BCUT2D eigenvalue weighted by Crippen LogP contribution is -2.39. The van der Waals surface area contributed by atoms with Gasteiger partial charge in [-0.2, -0.15) is 0 Å². The molecule has 1 amide bonds. The van der Waals surface area contributed by atoms with Crippen LogP contribution in [0.25, 0.3) is 0 Å². The van der Waals surface area contributed by atoms with Gasteiger partial charge >= 0.3 is 11.9 Å². The zero-order chi connectivity index (χ0) is 15.1. The van der Waals surface area contributed by atoms with Crippen LogP contribution in [0, 0.1) is 0 Å². The number of carbonyl (C=O) groups is 3. The number of hydrogen-bond acceptors (Lipinski definition) is 4. The summed E-state index contributed by atoms with van der Waals surface area (Å²) in [5.74, 6) is -2.62. The molecule has 0 saturated heterocycles. The maximum atomic E-state index is 12.0. The highest BCUT2D eigenvalue weighted by atomic mass is 16.5. The number of ether oxygens (including phenoxy) is 1. The van der Waals surface area contributed by atoms with Gasteiger partial charge < -0.3 is 19.8 Å². The minimum absolute atomic E-state index is 0.205. The van der Waals surface area contributed by atoms with Crippen molar-refractivity contribution in [3.63, 3.8) is 0 Å². The number of aliphatic carboxylic acids is 2. The first-order chi connectivity index (χ1) is 9.43. The molecular formula is C13H15NO6. The van der Waals surface area contributed by atoms with E-state index in [2.05, 4.69) is 0 Å². The van der Waals surface area contributed by atoms with Crippen LogP contribution in [0.2, 0.25) is 0 Å². The second-order valence-electron chi connectivity index (χ2n) is 3.91. The second-order valence-corrected chi connectivity index (χ2v) is 3.91. The highest BCUT2D eigenvalue weighted by molar-refractivity contribution is 5.97. The second kappa shape index (κ2) is 7.13. The van der Waals surface area contributed by atoms with Crippen molar-refractivity contribution in [2.24, 2.45) is 0 Å². The van der Waals surface area contributed by atoms with Gasteiger partial charge in [0, 0.05) is 5.56 Å². The first-order valence-corrected chi connectivity index (χ1v) is 5.89. The van der Waals surface area contributed by atoms with Crippen LogP contribution < -0.4 is 4.74 Å². The summed E-state index contributed by atoms with van der Waals surface area (Å²) < 4.78 is 5.22. The number of amides is 1. The zero-order valence-electron chi connectivity index (χ0n) is 10.9. The number of hydrogen-bond donors (Lipinski definition) is 2. The lowest BCUT2D eigenvalue weighted by Gasteiger charge is -2.18. The Hall–Kier alpha value is -2.57. The van der Waals surface area contributed by atoms with Crippen molar-refractivity contribution in [3.8, 4) is 5.75 Å². The predicted octanol–water partition coefficient (Wildman–Crippen LogP) is 0.697. The summed E-state index contributed by atoms with van der Waals surface area (Å²) in [4.78, 5) is 34.1. The maximum absolute atomic E-state index is 12.0. The molecule has 0 spiro atoms. The molecule has 0 aliphatic heterocycles. The predicted molar refractivity (Wildman–Crippen MR) is 68.8 cm³/mol. The molecule has 0 unspecified atom stereocenters. The molecule has 1 aromatic rings. The molecule has 1 rings (SSSR count). The van der Waals surface area contributed by atoms with Crippen molar-refractivity contribution in [3.05, 3.63) is 29.8 Å². The molecule has 2 N–H and O–H groups in total. The third-order valence-corrected chi connectivity index (χ3v) is 2.35. The minimum atomic E-state index is -1.27. The van der Waals surface area contributed by atoms with E-state index in [1.165, 1.54) is 12.1 Å². The summed E-state index contributed by atoms with van der Waals surface area (Å²) in [7, 11) is 0. The molecule has 0 aromatic heterocycles. The quantitative estimate of drug-likeness (QED) is 0.762. The van der Waals surface area contributed by atoms with Crippen LogP contribution >= 0.6 is 0 Å². The van der Waals surface area contributed by atoms with E-state index in [9.17, 15) is 14.4 Å². The summed E-state index contributed by atoms with van der Waals surface area (Å²) in [6.07, 6.45) is 0. The molecule has 20 heavy (non-hydrogen) atoms. The Bertz CT molecular complexity index is 480. The van der Waals surface area contributed by atoms with Crippen LogP contribution in [0.1, 0.15) is 17.3 Å². The SMILES string of the molecule is CCOc1ccc(C(=O)N(CC(=O)O)CC(=O)O)cc1. The minimum Gasteiger partial charge on any atom is -0.494 e.